The van der Waals surface area contributed by atoms with Crippen molar-refractivity contribution in [3.63, 3.8) is 0 Å². The Labute approximate surface area is 207 Å². The lowest BCUT2D eigenvalue weighted by Gasteiger charge is -2.40. The summed E-state index contributed by atoms with van der Waals surface area (Å²) in [6.07, 6.45) is 4.94. The fourth-order valence-corrected chi connectivity index (χ4v) is 4.86. The summed E-state index contributed by atoms with van der Waals surface area (Å²) in [5.41, 5.74) is 2.35. The molecule has 9 heteroatoms. The van der Waals surface area contributed by atoms with Gasteiger partial charge < -0.3 is 14.6 Å². The van der Waals surface area contributed by atoms with Gasteiger partial charge in [0.1, 0.15) is 11.3 Å². The second-order valence-corrected chi connectivity index (χ2v) is 9.38. The van der Waals surface area contributed by atoms with E-state index in [-0.39, 0.29) is 34.8 Å². The van der Waals surface area contributed by atoms with E-state index in [1.807, 2.05) is 4.90 Å². The third-order valence-electron chi connectivity index (χ3n) is 6.44. The van der Waals surface area contributed by atoms with E-state index in [0.717, 1.165) is 12.8 Å². The molecular formula is C26H25ClFN5O2. The number of aryl methyl sites for hydroxylation is 1. The van der Waals surface area contributed by atoms with E-state index in [4.69, 9.17) is 16.0 Å². The number of likely N-dealkylation sites (tertiary alicyclic amines) is 1. The van der Waals surface area contributed by atoms with Crippen molar-refractivity contribution in [1.82, 2.24) is 19.9 Å². The third-order valence-corrected chi connectivity index (χ3v) is 6.68. The highest BCUT2D eigenvalue weighted by molar-refractivity contribution is 6.31. The first kappa shape index (κ1) is 23.2. The van der Waals surface area contributed by atoms with Crippen molar-refractivity contribution in [3.8, 4) is 11.4 Å². The smallest absolute Gasteiger partial charge is 0.295 e. The molecular weight excluding hydrogens is 469 g/mol. The molecule has 2 aromatic carbocycles. The van der Waals surface area contributed by atoms with E-state index in [0.29, 0.717) is 40.8 Å². The molecule has 4 aromatic rings. The van der Waals surface area contributed by atoms with Gasteiger partial charge in [-0.3, -0.25) is 4.79 Å². The van der Waals surface area contributed by atoms with Gasteiger partial charge in [0.25, 0.3) is 11.9 Å². The highest BCUT2D eigenvalue weighted by Crippen LogP contribution is 2.31. The van der Waals surface area contributed by atoms with Crippen LogP contribution in [0.5, 0.6) is 0 Å². The van der Waals surface area contributed by atoms with Crippen LogP contribution in [0.3, 0.4) is 0 Å². The number of rotatable bonds is 5. The van der Waals surface area contributed by atoms with Crippen molar-refractivity contribution in [2.75, 3.05) is 18.4 Å². The Kier molecular flexibility index (Phi) is 6.38. The van der Waals surface area contributed by atoms with Crippen LogP contribution < -0.4 is 5.32 Å². The summed E-state index contributed by atoms with van der Waals surface area (Å²) < 4.78 is 20.9. The summed E-state index contributed by atoms with van der Waals surface area (Å²) >= 11 is 6.05. The number of amides is 1. The van der Waals surface area contributed by atoms with Crippen LogP contribution in [0.15, 0.2) is 53.2 Å². The zero-order chi connectivity index (χ0) is 24.5. The lowest BCUT2D eigenvalue weighted by atomic mass is 9.89. The lowest BCUT2D eigenvalue weighted by Crippen LogP contribution is -2.51. The van der Waals surface area contributed by atoms with Gasteiger partial charge in [-0.05, 0) is 61.6 Å². The predicted molar refractivity (Wildman–Crippen MR) is 133 cm³/mol. The highest BCUT2D eigenvalue weighted by atomic mass is 35.5. The molecule has 2 atom stereocenters. The summed E-state index contributed by atoms with van der Waals surface area (Å²) in [4.78, 5) is 28.5. The molecule has 3 heterocycles. The van der Waals surface area contributed by atoms with Gasteiger partial charge in [-0.15, -0.1) is 0 Å². The average Bonchev–Trinajstić information content (AvgIpc) is 3.24. The first-order valence-electron chi connectivity index (χ1n) is 11.6. The van der Waals surface area contributed by atoms with Gasteiger partial charge in [0.15, 0.2) is 11.4 Å². The summed E-state index contributed by atoms with van der Waals surface area (Å²) in [5, 5.41) is 3.82. The van der Waals surface area contributed by atoms with Gasteiger partial charge in [-0.2, -0.15) is 4.98 Å². The zero-order valence-electron chi connectivity index (χ0n) is 19.5. The van der Waals surface area contributed by atoms with Crippen molar-refractivity contribution < 1.29 is 13.6 Å². The number of anilines is 1. The fraction of sp³-hybridized carbons (Fsp3) is 0.308. The Hall–Kier alpha value is -3.52. The first-order chi connectivity index (χ1) is 16.9. The number of fused-ring (bicyclic) bond motifs is 1. The van der Waals surface area contributed by atoms with E-state index in [9.17, 15) is 4.79 Å². The molecule has 0 unspecified atom stereocenters. The van der Waals surface area contributed by atoms with Crippen LogP contribution in [-0.4, -0.2) is 44.9 Å². The SMILES string of the molecule is Cc1cc(F)c(-c2ncccn2)c(C(=O)N2CCC[C@@H](C)[C@H]2CNc2nc3ccc(Cl)cc3o2)c1. The van der Waals surface area contributed by atoms with Crippen molar-refractivity contribution in [3.05, 3.63) is 70.8 Å². The summed E-state index contributed by atoms with van der Waals surface area (Å²) in [6.45, 7) is 4.91. The molecule has 0 bridgehead atoms. The maximum absolute atomic E-state index is 15.1. The topological polar surface area (TPSA) is 84.2 Å². The molecule has 1 aliphatic rings. The number of carbonyl (C=O) groups is 1. The minimum atomic E-state index is -0.510. The number of oxazole rings is 1. The molecule has 0 aliphatic carbocycles. The molecule has 180 valence electrons. The van der Waals surface area contributed by atoms with Crippen LogP contribution in [-0.2, 0) is 0 Å². The molecule has 0 spiro atoms. The number of halogens is 2. The maximum Gasteiger partial charge on any atom is 0.295 e. The molecule has 1 saturated heterocycles. The summed E-state index contributed by atoms with van der Waals surface area (Å²) in [6, 6.07) is 10.3. The van der Waals surface area contributed by atoms with Gasteiger partial charge in [0.05, 0.1) is 17.2 Å². The van der Waals surface area contributed by atoms with Crippen LogP contribution in [0.2, 0.25) is 5.02 Å². The monoisotopic (exact) mass is 493 g/mol. The van der Waals surface area contributed by atoms with Crippen LogP contribution in [0.25, 0.3) is 22.5 Å². The number of nitrogens with zero attached hydrogens (tertiary/aromatic N) is 4. The Morgan fingerprint density at radius 2 is 2.06 bits per heavy atom. The van der Waals surface area contributed by atoms with Crippen LogP contribution >= 0.6 is 11.6 Å². The molecule has 0 saturated carbocycles. The quantitative estimate of drug-likeness (QED) is 0.381. The molecule has 2 aromatic heterocycles. The Morgan fingerprint density at radius 1 is 1.26 bits per heavy atom. The van der Waals surface area contributed by atoms with E-state index in [2.05, 4.69) is 27.2 Å². The van der Waals surface area contributed by atoms with E-state index < -0.39 is 5.82 Å². The number of nitrogens with one attached hydrogen (secondary N) is 1. The largest absolute Gasteiger partial charge is 0.424 e. The predicted octanol–water partition coefficient (Wildman–Crippen LogP) is 5.74. The fourth-order valence-electron chi connectivity index (χ4n) is 4.70. The molecule has 7 nitrogen and oxygen atoms in total. The van der Waals surface area contributed by atoms with Crippen molar-refractivity contribution in [2.24, 2.45) is 5.92 Å². The van der Waals surface area contributed by atoms with Gasteiger partial charge in [0, 0.05) is 36.6 Å². The zero-order valence-corrected chi connectivity index (χ0v) is 20.2. The third kappa shape index (κ3) is 4.71. The highest BCUT2D eigenvalue weighted by Gasteiger charge is 2.34. The Bertz CT molecular complexity index is 1380. The van der Waals surface area contributed by atoms with Crippen molar-refractivity contribution in [1.29, 1.82) is 0 Å². The molecule has 35 heavy (non-hydrogen) atoms. The second-order valence-electron chi connectivity index (χ2n) is 8.94. The normalized spacial score (nSPS) is 18.1. The van der Waals surface area contributed by atoms with Gasteiger partial charge in [-0.1, -0.05) is 18.5 Å². The minimum Gasteiger partial charge on any atom is -0.424 e. The van der Waals surface area contributed by atoms with Crippen LogP contribution in [0, 0.1) is 18.7 Å². The Morgan fingerprint density at radius 3 is 2.86 bits per heavy atom. The number of carbonyl (C=O) groups excluding carboxylic acids is 1. The van der Waals surface area contributed by atoms with E-state index in [1.165, 1.54) is 6.07 Å². The Balaban J connectivity index is 1.44. The van der Waals surface area contributed by atoms with E-state index in [1.54, 1.807) is 49.6 Å². The molecule has 1 amide bonds. The molecule has 1 N–H and O–H groups in total. The molecule has 0 radical (unpaired) electrons. The lowest BCUT2D eigenvalue weighted by molar-refractivity contribution is 0.0539. The second kappa shape index (κ2) is 9.62. The first-order valence-corrected chi connectivity index (χ1v) is 12.0. The van der Waals surface area contributed by atoms with Crippen molar-refractivity contribution in [2.45, 2.75) is 32.7 Å². The van der Waals surface area contributed by atoms with Gasteiger partial charge >= 0.3 is 0 Å². The summed E-state index contributed by atoms with van der Waals surface area (Å²) in [5.74, 6) is -0.328. The number of piperidine rings is 1. The molecule has 1 fully saturated rings. The average molecular weight is 494 g/mol. The summed E-state index contributed by atoms with van der Waals surface area (Å²) in [7, 11) is 0. The molecule has 5 rings (SSSR count). The van der Waals surface area contributed by atoms with Crippen LogP contribution in [0.1, 0.15) is 35.7 Å². The van der Waals surface area contributed by atoms with Gasteiger partial charge in [0.2, 0.25) is 0 Å². The van der Waals surface area contributed by atoms with Crippen LogP contribution in [0.4, 0.5) is 10.4 Å². The number of hydrogen-bond acceptors (Lipinski definition) is 6. The standard InChI is InChI=1S/C26H25ClFN5O2/c1-15-11-18(23(19(28)12-15)24-29-8-4-9-30-24)25(34)33-10-3-5-16(2)21(33)14-31-26-32-20-7-6-17(27)13-22(20)35-26/h4,6-9,11-13,16,21H,3,5,10,14H2,1-2H3,(H,31,32)/t16-,21-/m1/s1. The molecule has 1 aliphatic heterocycles. The number of aromatic nitrogens is 3. The minimum absolute atomic E-state index is 0.127. The maximum atomic E-state index is 15.1. The van der Waals surface area contributed by atoms with Gasteiger partial charge in [-0.25, -0.2) is 14.4 Å². The number of hydrogen-bond donors (Lipinski definition) is 1. The van der Waals surface area contributed by atoms with E-state index >= 15 is 4.39 Å². The van der Waals surface area contributed by atoms with Crippen molar-refractivity contribution >= 4 is 34.6 Å². The number of benzene rings is 2.